The van der Waals surface area contributed by atoms with Gasteiger partial charge in [0.25, 0.3) is 5.91 Å². The maximum Gasteiger partial charge on any atom is 0.253 e. The van der Waals surface area contributed by atoms with Crippen molar-refractivity contribution in [1.29, 1.82) is 0 Å². The van der Waals surface area contributed by atoms with Crippen molar-refractivity contribution in [2.45, 2.75) is 13.3 Å². The van der Waals surface area contributed by atoms with Gasteiger partial charge in [0.1, 0.15) is 5.82 Å². The van der Waals surface area contributed by atoms with Gasteiger partial charge < -0.3 is 9.80 Å². The van der Waals surface area contributed by atoms with Crippen LogP contribution >= 0.6 is 15.9 Å². The summed E-state index contributed by atoms with van der Waals surface area (Å²) in [5, 5.41) is 0.956. The van der Waals surface area contributed by atoms with Crippen LogP contribution in [0.25, 0.3) is 0 Å². The van der Waals surface area contributed by atoms with Crippen molar-refractivity contribution in [3.8, 4) is 0 Å². The van der Waals surface area contributed by atoms with E-state index in [4.69, 9.17) is 0 Å². The second-order valence-electron chi connectivity index (χ2n) is 5.14. The SMILES string of the molecule is Cc1cc(C(=O)N2CCCN(CCBr)CC2)ccc1F. The van der Waals surface area contributed by atoms with Crippen LogP contribution in [0, 0.1) is 12.7 Å². The van der Waals surface area contributed by atoms with Crippen LogP contribution in [0.1, 0.15) is 22.3 Å². The minimum absolute atomic E-state index is 0.00814. The highest BCUT2D eigenvalue weighted by Crippen LogP contribution is 2.13. The summed E-state index contributed by atoms with van der Waals surface area (Å²) in [6.45, 7) is 6.13. The van der Waals surface area contributed by atoms with Crippen molar-refractivity contribution in [2.24, 2.45) is 0 Å². The van der Waals surface area contributed by atoms with Crippen molar-refractivity contribution in [2.75, 3.05) is 38.1 Å². The average Bonchev–Trinajstić information content (AvgIpc) is 2.67. The largest absolute Gasteiger partial charge is 0.337 e. The molecule has 1 aliphatic heterocycles. The molecule has 3 nitrogen and oxygen atoms in total. The molecule has 1 aliphatic rings. The molecule has 0 aliphatic carbocycles. The maximum atomic E-state index is 13.3. The summed E-state index contributed by atoms with van der Waals surface area (Å²) in [5.74, 6) is -0.255. The maximum absolute atomic E-state index is 13.3. The molecule has 2 rings (SSSR count). The molecule has 0 spiro atoms. The summed E-state index contributed by atoms with van der Waals surface area (Å²) >= 11 is 3.45. The molecule has 0 unspecified atom stereocenters. The highest BCUT2D eigenvalue weighted by Gasteiger charge is 2.20. The summed E-state index contributed by atoms with van der Waals surface area (Å²) in [7, 11) is 0. The summed E-state index contributed by atoms with van der Waals surface area (Å²) in [6.07, 6.45) is 0.985. The number of carbonyl (C=O) groups excluding carboxylic acids is 1. The van der Waals surface area contributed by atoms with Crippen LogP contribution in [0.3, 0.4) is 0 Å². The second kappa shape index (κ2) is 7.18. The molecule has 1 fully saturated rings. The first-order chi connectivity index (χ1) is 9.61. The highest BCUT2D eigenvalue weighted by atomic mass is 79.9. The van der Waals surface area contributed by atoms with Gasteiger partial charge in [-0.2, -0.15) is 0 Å². The molecule has 5 heteroatoms. The molecule has 20 heavy (non-hydrogen) atoms. The van der Waals surface area contributed by atoms with E-state index in [0.717, 1.165) is 44.5 Å². The predicted octanol–water partition coefficient (Wildman–Crippen LogP) is 2.68. The van der Waals surface area contributed by atoms with Gasteiger partial charge in [-0.1, -0.05) is 15.9 Å². The number of halogens is 2. The van der Waals surface area contributed by atoms with Crippen molar-refractivity contribution >= 4 is 21.8 Å². The van der Waals surface area contributed by atoms with E-state index < -0.39 is 0 Å². The van der Waals surface area contributed by atoms with Crippen molar-refractivity contribution in [3.63, 3.8) is 0 Å². The molecule has 1 saturated heterocycles. The zero-order chi connectivity index (χ0) is 14.5. The van der Waals surface area contributed by atoms with Gasteiger partial charge in [0.05, 0.1) is 0 Å². The van der Waals surface area contributed by atoms with Crippen LogP contribution in [-0.4, -0.2) is 53.8 Å². The molecule has 0 aromatic heterocycles. The lowest BCUT2D eigenvalue weighted by atomic mass is 10.1. The van der Waals surface area contributed by atoms with Crippen LogP contribution in [0.5, 0.6) is 0 Å². The zero-order valence-electron chi connectivity index (χ0n) is 11.7. The first kappa shape index (κ1) is 15.4. The monoisotopic (exact) mass is 342 g/mol. The minimum Gasteiger partial charge on any atom is -0.337 e. The van der Waals surface area contributed by atoms with Crippen LogP contribution < -0.4 is 0 Å². The number of amides is 1. The molecule has 1 heterocycles. The third-order valence-corrected chi connectivity index (χ3v) is 4.04. The normalized spacial score (nSPS) is 17.1. The van der Waals surface area contributed by atoms with Crippen molar-refractivity contribution < 1.29 is 9.18 Å². The van der Waals surface area contributed by atoms with E-state index in [1.54, 1.807) is 19.1 Å². The number of carbonyl (C=O) groups is 1. The first-order valence-electron chi connectivity index (χ1n) is 6.95. The van der Waals surface area contributed by atoms with Gasteiger partial charge in [-0.25, -0.2) is 4.39 Å². The fraction of sp³-hybridized carbons (Fsp3) is 0.533. The lowest BCUT2D eigenvalue weighted by Crippen LogP contribution is -2.35. The predicted molar refractivity (Wildman–Crippen MR) is 81.9 cm³/mol. The smallest absolute Gasteiger partial charge is 0.253 e. The Morgan fingerprint density at radius 1 is 1.30 bits per heavy atom. The van der Waals surface area contributed by atoms with E-state index in [1.807, 2.05) is 4.90 Å². The van der Waals surface area contributed by atoms with Gasteiger partial charge in [0, 0.05) is 37.1 Å². The number of hydrogen-bond acceptors (Lipinski definition) is 2. The molecule has 0 saturated carbocycles. The fourth-order valence-electron chi connectivity index (χ4n) is 2.48. The van der Waals surface area contributed by atoms with Gasteiger partial charge in [0.15, 0.2) is 0 Å². The lowest BCUT2D eigenvalue weighted by Gasteiger charge is -2.21. The molecule has 1 aromatic rings. The van der Waals surface area contributed by atoms with Gasteiger partial charge in [-0.15, -0.1) is 0 Å². The van der Waals surface area contributed by atoms with E-state index in [2.05, 4.69) is 20.8 Å². The number of rotatable bonds is 3. The fourth-order valence-corrected chi connectivity index (χ4v) is 2.98. The molecular weight excluding hydrogens is 323 g/mol. The van der Waals surface area contributed by atoms with Crippen molar-refractivity contribution in [3.05, 3.63) is 35.1 Å². The van der Waals surface area contributed by atoms with E-state index in [9.17, 15) is 9.18 Å². The molecule has 0 atom stereocenters. The van der Waals surface area contributed by atoms with Gasteiger partial charge in [-0.3, -0.25) is 4.79 Å². The molecule has 110 valence electrons. The number of aryl methyl sites for hydroxylation is 1. The van der Waals surface area contributed by atoms with E-state index >= 15 is 0 Å². The van der Waals surface area contributed by atoms with E-state index in [-0.39, 0.29) is 11.7 Å². The average molecular weight is 343 g/mol. The summed E-state index contributed by atoms with van der Waals surface area (Å²) in [5.41, 5.74) is 1.10. The number of alkyl halides is 1. The molecule has 0 N–H and O–H groups in total. The Kier molecular flexibility index (Phi) is 5.54. The van der Waals surface area contributed by atoms with Crippen LogP contribution in [-0.2, 0) is 0 Å². The Hall–Kier alpha value is -0.940. The first-order valence-corrected chi connectivity index (χ1v) is 8.07. The molecular formula is C15H20BrFN2O. The molecule has 1 aromatic carbocycles. The summed E-state index contributed by atoms with van der Waals surface area (Å²) < 4.78 is 13.3. The van der Waals surface area contributed by atoms with Gasteiger partial charge in [0.2, 0.25) is 0 Å². The van der Waals surface area contributed by atoms with Crippen molar-refractivity contribution in [1.82, 2.24) is 9.80 Å². The lowest BCUT2D eigenvalue weighted by molar-refractivity contribution is 0.0761. The molecule has 0 radical (unpaired) electrons. The quantitative estimate of drug-likeness (QED) is 0.788. The Labute approximate surface area is 127 Å². The Morgan fingerprint density at radius 3 is 2.80 bits per heavy atom. The summed E-state index contributed by atoms with van der Waals surface area (Å²) in [6, 6.07) is 4.59. The Bertz CT molecular complexity index is 481. The van der Waals surface area contributed by atoms with Gasteiger partial charge >= 0.3 is 0 Å². The Balaban J connectivity index is 2.03. The molecule has 0 bridgehead atoms. The van der Waals surface area contributed by atoms with Crippen LogP contribution in [0.4, 0.5) is 4.39 Å². The van der Waals surface area contributed by atoms with Crippen LogP contribution in [0.15, 0.2) is 18.2 Å². The Morgan fingerprint density at radius 2 is 2.10 bits per heavy atom. The van der Waals surface area contributed by atoms with E-state index in [0.29, 0.717) is 11.1 Å². The minimum atomic E-state index is -0.263. The summed E-state index contributed by atoms with van der Waals surface area (Å²) in [4.78, 5) is 16.7. The molecule has 1 amide bonds. The van der Waals surface area contributed by atoms with Gasteiger partial charge in [-0.05, 0) is 43.7 Å². The highest BCUT2D eigenvalue weighted by molar-refractivity contribution is 9.09. The third kappa shape index (κ3) is 3.79. The second-order valence-corrected chi connectivity index (χ2v) is 5.93. The third-order valence-electron chi connectivity index (χ3n) is 3.68. The van der Waals surface area contributed by atoms with E-state index in [1.165, 1.54) is 6.07 Å². The topological polar surface area (TPSA) is 23.6 Å². The number of hydrogen-bond donors (Lipinski definition) is 0. The number of nitrogens with zero attached hydrogens (tertiary/aromatic N) is 2. The standard InChI is InChI=1S/C15H20BrFN2O/c1-12-11-13(3-4-14(12)17)15(20)19-7-2-6-18(8-5-16)9-10-19/h3-4,11H,2,5-10H2,1H3. The zero-order valence-corrected chi connectivity index (χ0v) is 13.3. The van der Waals surface area contributed by atoms with Crippen LogP contribution in [0.2, 0.25) is 0 Å². The number of benzene rings is 1.